The van der Waals surface area contributed by atoms with Crippen LogP contribution >= 0.6 is 0 Å². The Hall–Kier alpha value is -1.55. The average molecular weight is 234 g/mol. The van der Waals surface area contributed by atoms with Gasteiger partial charge in [0.25, 0.3) is 0 Å². The van der Waals surface area contributed by atoms with E-state index in [0.29, 0.717) is 12.1 Å². The summed E-state index contributed by atoms with van der Waals surface area (Å²) in [5.74, 6) is -0.0485. The van der Waals surface area contributed by atoms with Crippen LogP contribution in [0.5, 0.6) is 0 Å². The molecule has 0 spiro atoms. The van der Waals surface area contributed by atoms with Crippen LogP contribution in [0.3, 0.4) is 0 Å². The second-order valence-corrected chi connectivity index (χ2v) is 4.43. The molecule has 0 heterocycles. The van der Waals surface area contributed by atoms with Crippen molar-refractivity contribution in [1.82, 2.24) is 0 Å². The Labute approximate surface area is 101 Å². The highest BCUT2D eigenvalue weighted by Crippen LogP contribution is 2.26. The molecule has 2 rings (SSSR count). The molecule has 1 aromatic rings. The maximum atomic E-state index is 10.9. The summed E-state index contributed by atoms with van der Waals surface area (Å²) in [5, 5.41) is 6.17. The Balaban J connectivity index is 1.84. The number of anilines is 2. The topological polar surface area (TPSA) is 50.4 Å². The highest BCUT2D eigenvalue weighted by Gasteiger charge is 2.28. The standard InChI is InChI=1S/C13H18N2O2/c1-9(16)14-10-3-5-11(6-4-10)15-12-7-13(8-12)17-2/h3-6,12-13,15H,7-8H2,1-2H3,(H,14,16). The molecule has 0 unspecified atom stereocenters. The molecule has 92 valence electrons. The largest absolute Gasteiger partial charge is 0.382 e. The van der Waals surface area contributed by atoms with Crippen molar-refractivity contribution in [2.24, 2.45) is 0 Å². The average Bonchev–Trinajstić information content (AvgIpc) is 2.24. The van der Waals surface area contributed by atoms with E-state index in [0.717, 1.165) is 24.2 Å². The molecule has 0 atom stereocenters. The van der Waals surface area contributed by atoms with E-state index in [1.807, 2.05) is 24.3 Å². The van der Waals surface area contributed by atoms with Crippen molar-refractivity contribution in [3.05, 3.63) is 24.3 Å². The molecule has 0 saturated heterocycles. The van der Waals surface area contributed by atoms with Crippen molar-refractivity contribution in [3.8, 4) is 0 Å². The fourth-order valence-electron chi connectivity index (χ4n) is 1.96. The first-order valence-electron chi connectivity index (χ1n) is 5.84. The number of rotatable bonds is 4. The van der Waals surface area contributed by atoms with E-state index in [-0.39, 0.29) is 5.91 Å². The van der Waals surface area contributed by atoms with Gasteiger partial charge in [-0.25, -0.2) is 0 Å². The molecule has 1 fully saturated rings. The third kappa shape index (κ3) is 3.20. The molecule has 4 heteroatoms. The molecule has 17 heavy (non-hydrogen) atoms. The predicted molar refractivity (Wildman–Crippen MR) is 68.2 cm³/mol. The summed E-state index contributed by atoms with van der Waals surface area (Å²) in [7, 11) is 1.75. The zero-order chi connectivity index (χ0) is 12.3. The molecule has 1 saturated carbocycles. The molecule has 0 aromatic heterocycles. The Bertz CT molecular complexity index is 383. The maximum Gasteiger partial charge on any atom is 0.221 e. The van der Waals surface area contributed by atoms with Crippen molar-refractivity contribution in [3.63, 3.8) is 0 Å². The molecule has 0 radical (unpaired) electrons. The number of hydrogen-bond acceptors (Lipinski definition) is 3. The number of carbonyl (C=O) groups excluding carboxylic acids is 1. The Morgan fingerprint density at radius 1 is 1.24 bits per heavy atom. The summed E-state index contributed by atoms with van der Waals surface area (Å²) in [6, 6.07) is 8.26. The van der Waals surface area contributed by atoms with Gasteiger partial charge in [0.05, 0.1) is 6.10 Å². The molecule has 1 aliphatic carbocycles. The van der Waals surface area contributed by atoms with Crippen LogP contribution in [0.1, 0.15) is 19.8 Å². The monoisotopic (exact) mass is 234 g/mol. The summed E-state index contributed by atoms with van der Waals surface area (Å²) in [5.41, 5.74) is 1.91. The lowest BCUT2D eigenvalue weighted by Gasteiger charge is -2.35. The first kappa shape index (κ1) is 11.9. The van der Waals surface area contributed by atoms with Crippen LogP contribution < -0.4 is 10.6 Å². The van der Waals surface area contributed by atoms with Crippen molar-refractivity contribution in [1.29, 1.82) is 0 Å². The van der Waals surface area contributed by atoms with E-state index in [2.05, 4.69) is 10.6 Å². The van der Waals surface area contributed by atoms with Crippen LogP contribution in [0.15, 0.2) is 24.3 Å². The quantitative estimate of drug-likeness (QED) is 0.840. The van der Waals surface area contributed by atoms with Crippen molar-refractivity contribution in [2.75, 3.05) is 17.7 Å². The van der Waals surface area contributed by atoms with Gasteiger partial charge in [0.1, 0.15) is 0 Å². The Kier molecular flexibility index (Phi) is 3.64. The van der Waals surface area contributed by atoms with Gasteiger partial charge < -0.3 is 15.4 Å². The number of carbonyl (C=O) groups is 1. The summed E-state index contributed by atoms with van der Waals surface area (Å²) >= 11 is 0. The lowest BCUT2D eigenvalue weighted by Crippen LogP contribution is -2.40. The number of amides is 1. The van der Waals surface area contributed by atoms with Gasteiger partial charge in [-0.3, -0.25) is 4.79 Å². The number of benzene rings is 1. The normalized spacial score (nSPS) is 22.7. The molecular weight excluding hydrogens is 216 g/mol. The van der Waals surface area contributed by atoms with E-state index in [4.69, 9.17) is 4.74 Å². The van der Waals surface area contributed by atoms with Crippen LogP contribution in [0.25, 0.3) is 0 Å². The van der Waals surface area contributed by atoms with Gasteiger partial charge >= 0.3 is 0 Å². The molecule has 1 amide bonds. The number of methoxy groups -OCH3 is 1. The summed E-state index contributed by atoms with van der Waals surface area (Å²) in [4.78, 5) is 10.9. The first-order chi connectivity index (χ1) is 8.17. The summed E-state index contributed by atoms with van der Waals surface area (Å²) in [6.07, 6.45) is 2.53. The minimum absolute atomic E-state index is 0.0485. The fourth-order valence-corrected chi connectivity index (χ4v) is 1.96. The van der Waals surface area contributed by atoms with E-state index >= 15 is 0 Å². The zero-order valence-corrected chi connectivity index (χ0v) is 10.2. The lowest BCUT2D eigenvalue weighted by atomic mass is 9.89. The molecule has 4 nitrogen and oxygen atoms in total. The highest BCUT2D eigenvalue weighted by molar-refractivity contribution is 5.88. The number of nitrogens with one attached hydrogen (secondary N) is 2. The molecule has 0 bridgehead atoms. The molecular formula is C13H18N2O2. The second-order valence-electron chi connectivity index (χ2n) is 4.43. The van der Waals surface area contributed by atoms with Gasteiger partial charge in [0.15, 0.2) is 0 Å². The second kappa shape index (κ2) is 5.19. The van der Waals surface area contributed by atoms with Crippen LogP contribution in [-0.4, -0.2) is 25.2 Å². The lowest BCUT2D eigenvalue weighted by molar-refractivity contribution is -0.114. The predicted octanol–water partition coefficient (Wildman–Crippen LogP) is 2.23. The summed E-state index contributed by atoms with van der Waals surface area (Å²) in [6.45, 7) is 1.51. The maximum absolute atomic E-state index is 10.9. The van der Waals surface area contributed by atoms with E-state index in [1.54, 1.807) is 7.11 Å². The van der Waals surface area contributed by atoms with Crippen LogP contribution in [0, 0.1) is 0 Å². The molecule has 2 N–H and O–H groups in total. The van der Waals surface area contributed by atoms with E-state index < -0.39 is 0 Å². The van der Waals surface area contributed by atoms with Gasteiger partial charge in [-0.1, -0.05) is 0 Å². The third-order valence-corrected chi connectivity index (χ3v) is 3.00. The van der Waals surface area contributed by atoms with Gasteiger partial charge in [-0.05, 0) is 37.1 Å². The highest BCUT2D eigenvalue weighted by atomic mass is 16.5. The molecule has 1 aliphatic rings. The van der Waals surface area contributed by atoms with Crippen LogP contribution in [0.4, 0.5) is 11.4 Å². The fraction of sp³-hybridized carbons (Fsp3) is 0.462. The molecule has 1 aromatic carbocycles. The SMILES string of the molecule is COC1CC(Nc2ccc(NC(C)=O)cc2)C1. The van der Waals surface area contributed by atoms with Crippen molar-refractivity contribution < 1.29 is 9.53 Å². The Morgan fingerprint density at radius 3 is 2.35 bits per heavy atom. The third-order valence-electron chi connectivity index (χ3n) is 3.00. The van der Waals surface area contributed by atoms with Gasteiger partial charge in [0.2, 0.25) is 5.91 Å². The van der Waals surface area contributed by atoms with Crippen LogP contribution in [0.2, 0.25) is 0 Å². The molecule has 0 aliphatic heterocycles. The Morgan fingerprint density at radius 2 is 1.82 bits per heavy atom. The minimum atomic E-state index is -0.0485. The van der Waals surface area contributed by atoms with Gasteiger partial charge in [-0.2, -0.15) is 0 Å². The van der Waals surface area contributed by atoms with E-state index in [9.17, 15) is 4.79 Å². The van der Waals surface area contributed by atoms with Gasteiger partial charge in [0, 0.05) is 31.5 Å². The number of hydrogen-bond donors (Lipinski definition) is 2. The zero-order valence-electron chi connectivity index (χ0n) is 10.2. The van der Waals surface area contributed by atoms with E-state index in [1.165, 1.54) is 6.92 Å². The smallest absolute Gasteiger partial charge is 0.221 e. The first-order valence-corrected chi connectivity index (χ1v) is 5.84. The van der Waals surface area contributed by atoms with Crippen molar-refractivity contribution in [2.45, 2.75) is 31.9 Å². The van der Waals surface area contributed by atoms with Gasteiger partial charge in [-0.15, -0.1) is 0 Å². The number of ether oxygens (including phenoxy) is 1. The van der Waals surface area contributed by atoms with Crippen molar-refractivity contribution >= 4 is 17.3 Å². The van der Waals surface area contributed by atoms with Crippen LogP contribution in [-0.2, 0) is 9.53 Å². The minimum Gasteiger partial charge on any atom is -0.382 e. The summed E-state index contributed by atoms with van der Waals surface area (Å²) < 4.78 is 5.23.